The van der Waals surface area contributed by atoms with Gasteiger partial charge in [-0.2, -0.15) is 0 Å². The first-order chi connectivity index (χ1) is 15.1. The summed E-state index contributed by atoms with van der Waals surface area (Å²) in [6, 6.07) is 4.49. The predicted molar refractivity (Wildman–Crippen MR) is 110 cm³/mol. The Morgan fingerprint density at radius 3 is 2.28 bits per heavy atom. The van der Waals surface area contributed by atoms with E-state index in [1.807, 2.05) is 0 Å². The molecule has 168 valence electrons. The molecule has 0 aliphatic carbocycles. The van der Waals surface area contributed by atoms with Gasteiger partial charge in [-0.05, 0) is 35.0 Å². The molecule has 0 saturated carbocycles. The Bertz CT molecular complexity index is 1240. The Balaban J connectivity index is 2.08. The number of halogens is 5. The van der Waals surface area contributed by atoms with Crippen molar-refractivity contribution in [2.45, 2.75) is 13.5 Å². The van der Waals surface area contributed by atoms with Crippen LogP contribution in [0, 0.1) is 30.2 Å². The molecular weight excluding hydrogens is 500 g/mol. The number of aryl methyl sites for hydroxylation is 1. The number of hydrogen-bond donors (Lipinski definition) is 2. The van der Waals surface area contributed by atoms with E-state index in [-0.39, 0.29) is 32.8 Å². The highest BCUT2D eigenvalue weighted by molar-refractivity contribution is 9.10. The van der Waals surface area contributed by atoms with E-state index >= 15 is 0 Å². The Kier molecular flexibility index (Phi) is 6.87. The van der Waals surface area contributed by atoms with E-state index in [0.717, 1.165) is 24.3 Å². The number of primary amides is 1. The number of hydrogen-bond acceptors (Lipinski definition) is 4. The zero-order valence-electron chi connectivity index (χ0n) is 16.4. The van der Waals surface area contributed by atoms with Gasteiger partial charge < -0.3 is 20.2 Å². The Labute approximate surface area is 187 Å². The van der Waals surface area contributed by atoms with Gasteiger partial charge in [0.15, 0.2) is 6.61 Å². The average molecular weight is 515 g/mol. The van der Waals surface area contributed by atoms with Gasteiger partial charge in [0.2, 0.25) is 0 Å². The van der Waals surface area contributed by atoms with E-state index in [2.05, 4.69) is 20.9 Å². The Morgan fingerprint density at radius 1 is 1.03 bits per heavy atom. The monoisotopic (exact) mass is 514 g/mol. The molecule has 11 heteroatoms. The molecule has 0 aliphatic rings. The standard InChI is InChI=1S/C21H15BrF4N2O4/c1-9-17(18-14(25)5-12(6-15(18)26)31-8-16(27)29)20(19(22)21(30)28-9)32-7-10-2-3-11(23)4-13(10)24/h2-6H,7-8H2,1H3,(H2,27,29)(H,28,30). The number of carbonyl (C=O) groups excluding carboxylic acids is 1. The molecule has 0 fully saturated rings. The van der Waals surface area contributed by atoms with Crippen LogP contribution in [0.4, 0.5) is 17.6 Å². The molecular formula is C21H15BrF4N2O4. The van der Waals surface area contributed by atoms with Crippen LogP contribution in [-0.4, -0.2) is 17.5 Å². The third-order valence-electron chi connectivity index (χ3n) is 4.34. The number of amides is 1. The van der Waals surface area contributed by atoms with E-state index in [1.165, 1.54) is 6.92 Å². The molecule has 3 N–H and O–H groups in total. The predicted octanol–water partition coefficient (Wildman–Crippen LogP) is 4.11. The quantitative estimate of drug-likeness (QED) is 0.464. The number of nitrogens with one attached hydrogen (secondary N) is 1. The second kappa shape index (κ2) is 9.43. The number of benzene rings is 2. The molecule has 0 bridgehead atoms. The molecule has 0 atom stereocenters. The number of ether oxygens (including phenoxy) is 2. The van der Waals surface area contributed by atoms with Crippen LogP contribution in [0.2, 0.25) is 0 Å². The maximum Gasteiger partial charge on any atom is 0.266 e. The number of nitrogens with two attached hydrogens (primary N) is 1. The summed E-state index contributed by atoms with van der Waals surface area (Å²) in [6.07, 6.45) is 0. The lowest BCUT2D eigenvalue weighted by Gasteiger charge is -2.17. The third kappa shape index (κ3) is 4.93. The van der Waals surface area contributed by atoms with E-state index in [1.54, 1.807) is 0 Å². The molecule has 0 unspecified atom stereocenters. The molecule has 6 nitrogen and oxygen atoms in total. The van der Waals surface area contributed by atoms with Crippen LogP contribution < -0.4 is 20.8 Å². The third-order valence-corrected chi connectivity index (χ3v) is 5.06. The summed E-state index contributed by atoms with van der Waals surface area (Å²) >= 11 is 3.03. The molecule has 32 heavy (non-hydrogen) atoms. The fourth-order valence-corrected chi connectivity index (χ4v) is 3.33. The van der Waals surface area contributed by atoms with Crippen molar-refractivity contribution < 1.29 is 31.8 Å². The second-order valence-electron chi connectivity index (χ2n) is 6.64. The van der Waals surface area contributed by atoms with Crippen LogP contribution >= 0.6 is 15.9 Å². The molecule has 0 radical (unpaired) electrons. The first kappa shape index (κ1) is 23.3. The zero-order chi connectivity index (χ0) is 23.6. The SMILES string of the molecule is Cc1[nH]c(=O)c(Br)c(OCc2ccc(F)cc2F)c1-c1c(F)cc(OCC(N)=O)cc1F. The molecule has 1 amide bonds. The molecule has 2 aromatic carbocycles. The molecule has 0 aliphatic heterocycles. The van der Waals surface area contributed by atoms with Crippen molar-refractivity contribution in [1.29, 1.82) is 0 Å². The maximum atomic E-state index is 14.9. The second-order valence-corrected chi connectivity index (χ2v) is 7.43. The lowest BCUT2D eigenvalue weighted by atomic mass is 10.0. The minimum atomic E-state index is -1.08. The van der Waals surface area contributed by atoms with Crippen LogP contribution in [0.1, 0.15) is 11.3 Å². The number of aromatic amines is 1. The van der Waals surface area contributed by atoms with Gasteiger partial charge in [-0.15, -0.1) is 0 Å². The van der Waals surface area contributed by atoms with Gasteiger partial charge in [0, 0.05) is 29.5 Å². The van der Waals surface area contributed by atoms with Gasteiger partial charge in [0.05, 0.1) is 11.1 Å². The first-order valence-corrected chi connectivity index (χ1v) is 9.77. The number of pyridine rings is 1. The normalized spacial score (nSPS) is 10.8. The number of aromatic nitrogens is 1. The lowest BCUT2D eigenvalue weighted by Crippen LogP contribution is -2.20. The van der Waals surface area contributed by atoms with Gasteiger partial charge in [0.1, 0.15) is 45.8 Å². The smallest absolute Gasteiger partial charge is 0.266 e. The van der Waals surface area contributed by atoms with Gasteiger partial charge >= 0.3 is 0 Å². The van der Waals surface area contributed by atoms with Gasteiger partial charge in [-0.3, -0.25) is 9.59 Å². The van der Waals surface area contributed by atoms with E-state index in [9.17, 15) is 27.2 Å². The molecule has 1 aromatic heterocycles. The zero-order valence-corrected chi connectivity index (χ0v) is 18.0. The molecule has 0 saturated heterocycles. The largest absolute Gasteiger partial charge is 0.487 e. The molecule has 0 spiro atoms. The van der Waals surface area contributed by atoms with Crippen molar-refractivity contribution in [3.8, 4) is 22.6 Å². The summed E-state index contributed by atoms with van der Waals surface area (Å²) in [5, 5.41) is 0. The summed E-state index contributed by atoms with van der Waals surface area (Å²) in [7, 11) is 0. The minimum absolute atomic E-state index is 0.0432. The van der Waals surface area contributed by atoms with E-state index in [0.29, 0.717) is 6.07 Å². The fourth-order valence-electron chi connectivity index (χ4n) is 2.92. The van der Waals surface area contributed by atoms with Gasteiger partial charge in [0.25, 0.3) is 11.5 Å². The van der Waals surface area contributed by atoms with Crippen molar-refractivity contribution in [2.24, 2.45) is 5.73 Å². The highest BCUT2D eigenvalue weighted by Crippen LogP contribution is 2.40. The summed E-state index contributed by atoms with van der Waals surface area (Å²) in [4.78, 5) is 25.5. The highest BCUT2D eigenvalue weighted by Gasteiger charge is 2.24. The number of H-pyrrole nitrogens is 1. The highest BCUT2D eigenvalue weighted by atomic mass is 79.9. The minimum Gasteiger partial charge on any atom is -0.487 e. The fraction of sp³-hybridized carbons (Fsp3) is 0.143. The van der Waals surface area contributed by atoms with Crippen molar-refractivity contribution in [3.05, 3.63) is 79.7 Å². The maximum absolute atomic E-state index is 14.9. The molecule has 1 heterocycles. The van der Waals surface area contributed by atoms with Gasteiger partial charge in [-0.1, -0.05) is 0 Å². The summed E-state index contributed by atoms with van der Waals surface area (Å²) in [5.41, 5.74) is 3.63. The van der Waals surface area contributed by atoms with Crippen LogP contribution in [-0.2, 0) is 11.4 Å². The number of rotatable bonds is 7. The van der Waals surface area contributed by atoms with Crippen LogP contribution in [0.15, 0.2) is 39.6 Å². The number of carbonyl (C=O) groups is 1. The summed E-state index contributed by atoms with van der Waals surface area (Å²) < 4.78 is 67.2. The lowest BCUT2D eigenvalue weighted by molar-refractivity contribution is -0.119. The Morgan fingerprint density at radius 2 is 1.69 bits per heavy atom. The molecule has 3 aromatic rings. The van der Waals surface area contributed by atoms with Gasteiger partial charge in [-0.25, -0.2) is 17.6 Å². The van der Waals surface area contributed by atoms with Crippen molar-refractivity contribution in [3.63, 3.8) is 0 Å². The van der Waals surface area contributed by atoms with Crippen LogP contribution in [0.5, 0.6) is 11.5 Å². The van der Waals surface area contributed by atoms with Crippen molar-refractivity contribution in [1.82, 2.24) is 4.98 Å². The average Bonchev–Trinajstić information content (AvgIpc) is 2.70. The Hall–Kier alpha value is -3.34. The van der Waals surface area contributed by atoms with E-state index < -0.39 is 53.5 Å². The van der Waals surface area contributed by atoms with Crippen molar-refractivity contribution in [2.75, 3.05) is 6.61 Å². The van der Waals surface area contributed by atoms with Crippen LogP contribution in [0.3, 0.4) is 0 Å². The van der Waals surface area contributed by atoms with Crippen LogP contribution in [0.25, 0.3) is 11.1 Å². The summed E-state index contributed by atoms with van der Waals surface area (Å²) in [5.74, 6) is -5.20. The van der Waals surface area contributed by atoms with E-state index in [4.69, 9.17) is 15.2 Å². The first-order valence-electron chi connectivity index (χ1n) is 8.98. The molecule has 3 rings (SSSR count). The summed E-state index contributed by atoms with van der Waals surface area (Å²) in [6.45, 7) is 0.355. The topological polar surface area (TPSA) is 94.4 Å². The van der Waals surface area contributed by atoms with Crippen molar-refractivity contribution >= 4 is 21.8 Å².